The predicted octanol–water partition coefficient (Wildman–Crippen LogP) is 3.29. The summed E-state index contributed by atoms with van der Waals surface area (Å²) in [6, 6.07) is 7.53. The van der Waals surface area contributed by atoms with Gasteiger partial charge in [0.25, 0.3) is 0 Å². The van der Waals surface area contributed by atoms with E-state index in [-0.39, 0.29) is 11.8 Å². The van der Waals surface area contributed by atoms with E-state index in [9.17, 15) is 8.42 Å². The van der Waals surface area contributed by atoms with Gasteiger partial charge in [-0.2, -0.15) is 0 Å². The van der Waals surface area contributed by atoms with E-state index in [4.69, 9.17) is 16.0 Å². The summed E-state index contributed by atoms with van der Waals surface area (Å²) in [6.45, 7) is 4.10. The molecule has 2 aromatic rings. The van der Waals surface area contributed by atoms with Gasteiger partial charge in [0.05, 0.1) is 23.5 Å². The van der Waals surface area contributed by atoms with Crippen LogP contribution in [0.5, 0.6) is 0 Å². The van der Waals surface area contributed by atoms with Crippen LogP contribution in [0.15, 0.2) is 34.9 Å². The Bertz CT molecular complexity index is 830. The molecule has 0 unspecified atom stereocenters. The fourth-order valence-corrected chi connectivity index (χ4v) is 4.78. The lowest BCUT2D eigenvalue weighted by atomic mass is 10.1. The molecule has 1 fully saturated rings. The Hall–Kier alpha value is -1.41. The fourth-order valence-electron chi connectivity index (χ4n) is 3.15. The van der Waals surface area contributed by atoms with E-state index < -0.39 is 10.0 Å². The molecule has 142 valence electrons. The first-order chi connectivity index (χ1) is 12.5. The van der Waals surface area contributed by atoms with Crippen molar-refractivity contribution in [3.8, 4) is 11.3 Å². The number of likely N-dealkylation sites (tertiary alicyclic amines) is 1. The van der Waals surface area contributed by atoms with Crippen LogP contribution in [0.2, 0.25) is 5.02 Å². The normalized spacial score (nSPS) is 16.8. The Balaban J connectivity index is 1.53. The highest BCUT2D eigenvalue weighted by Crippen LogP contribution is 2.28. The molecule has 0 radical (unpaired) electrons. The Kier molecular flexibility index (Phi) is 6.34. The summed E-state index contributed by atoms with van der Waals surface area (Å²) in [7, 11) is -3.15. The highest BCUT2D eigenvalue weighted by atomic mass is 35.5. The quantitative estimate of drug-likeness (QED) is 0.775. The maximum absolute atomic E-state index is 11.9. The SMILES string of the molecule is CCCS(=O)(=O)NC1CCN(Cc2ncc(-c3ccccc3Cl)o2)CC1. The highest BCUT2D eigenvalue weighted by molar-refractivity contribution is 7.89. The van der Waals surface area contributed by atoms with Crippen LogP contribution in [0.25, 0.3) is 11.3 Å². The minimum Gasteiger partial charge on any atom is -0.439 e. The van der Waals surface area contributed by atoms with Gasteiger partial charge in [0, 0.05) is 24.7 Å². The van der Waals surface area contributed by atoms with E-state index >= 15 is 0 Å². The van der Waals surface area contributed by atoms with Gasteiger partial charge in [0.2, 0.25) is 15.9 Å². The molecule has 0 aliphatic carbocycles. The molecule has 0 atom stereocenters. The van der Waals surface area contributed by atoms with Gasteiger partial charge < -0.3 is 4.42 Å². The van der Waals surface area contributed by atoms with Gasteiger partial charge in [-0.1, -0.05) is 30.7 Å². The summed E-state index contributed by atoms with van der Waals surface area (Å²) in [5, 5.41) is 0.635. The third-order valence-corrected chi connectivity index (χ3v) is 6.43. The van der Waals surface area contributed by atoms with Gasteiger partial charge in [-0.15, -0.1) is 0 Å². The van der Waals surface area contributed by atoms with Crippen LogP contribution in [0, 0.1) is 0 Å². The maximum Gasteiger partial charge on any atom is 0.211 e. The van der Waals surface area contributed by atoms with Crippen LogP contribution in [0.3, 0.4) is 0 Å². The zero-order chi connectivity index (χ0) is 18.6. The molecule has 1 aromatic carbocycles. The smallest absolute Gasteiger partial charge is 0.211 e. The fraction of sp³-hybridized carbons (Fsp3) is 0.500. The van der Waals surface area contributed by atoms with E-state index in [1.165, 1.54) is 0 Å². The van der Waals surface area contributed by atoms with Crippen molar-refractivity contribution >= 4 is 21.6 Å². The highest BCUT2D eigenvalue weighted by Gasteiger charge is 2.24. The molecule has 3 rings (SSSR count). The van der Waals surface area contributed by atoms with Crippen LogP contribution in [0.1, 0.15) is 32.1 Å². The minimum atomic E-state index is -3.15. The van der Waals surface area contributed by atoms with E-state index in [0.717, 1.165) is 31.5 Å². The predicted molar refractivity (Wildman–Crippen MR) is 102 cm³/mol. The molecular formula is C18H24ClN3O3S. The molecule has 0 bridgehead atoms. The molecule has 1 aliphatic rings. The third kappa shape index (κ3) is 5.07. The van der Waals surface area contributed by atoms with Crippen molar-refractivity contribution in [1.82, 2.24) is 14.6 Å². The van der Waals surface area contributed by atoms with Gasteiger partial charge >= 0.3 is 0 Å². The van der Waals surface area contributed by atoms with Crippen molar-refractivity contribution < 1.29 is 12.8 Å². The molecule has 8 heteroatoms. The van der Waals surface area contributed by atoms with Crippen molar-refractivity contribution in [2.24, 2.45) is 0 Å². The first-order valence-electron chi connectivity index (χ1n) is 8.89. The second-order valence-electron chi connectivity index (χ2n) is 6.59. The molecule has 1 aliphatic heterocycles. The van der Waals surface area contributed by atoms with E-state index in [1.54, 1.807) is 6.20 Å². The molecule has 1 aromatic heterocycles. The van der Waals surface area contributed by atoms with E-state index in [1.807, 2.05) is 31.2 Å². The number of hydrogen-bond donors (Lipinski definition) is 1. The number of oxazole rings is 1. The minimum absolute atomic E-state index is 0.0195. The Morgan fingerprint density at radius 2 is 2.04 bits per heavy atom. The van der Waals surface area contributed by atoms with Gasteiger partial charge in [-0.05, 0) is 31.4 Å². The van der Waals surface area contributed by atoms with Gasteiger partial charge in [-0.3, -0.25) is 4.90 Å². The van der Waals surface area contributed by atoms with Gasteiger partial charge in [-0.25, -0.2) is 18.1 Å². The largest absolute Gasteiger partial charge is 0.439 e. The number of rotatable bonds is 7. The van der Waals surface area contributed by atoms with Crippen molar-refractivity contribution in [2.45, 2.75) is 38.8 Å². The van der Waals surface area contributed by atoms with Crippen molar-refractivity contribution in [3.63, 3.8) is 0 Å². The number of hydrogen-bond acceptors (Lipinski definition) is 5. The molecule has 0 amide bonds. The van der Waals surface area contributed by atoms with Crippen LogP contribution < -0.4 is 4.72 Å². The molecule has 2 heterocycles. The van der Waals surface area contributed by atoms with Crippen molar-refractivity contribution in [3.05, 3.63) is 41.4 Å². The lowest BCUT2D eigenvalue weighted by molar-refractivity contribution is 0.184. The summed E-state index contributed by atoms with van der Waals surface area (Å²) >= 11 is 6.20. The van der Waals surface area contributed by atoms with Crippen LogP contribution in [-0.4, -0.2) is 43.2 Å². The van der Waals surface area contributed by atoms with Gasteiger partial charge in [0.15, 0.2) is 5.76 Å². The average molecular weight is 398 g/mol. The Labute approximate surface area is 159 Å². The number of sulfonamides is 1. The summed E-state index contributed by atoms with van der Waals surface area (Å²) in [6.07, 6.45) is 3.91. The summed E-state index contributed by atoms with van der Waals surface area (Å²) in [5.74, 6) is 1.49. The number of benzene rings is 1. The van der Waals surface area contributed by atoms with Crippen LogP contribution in [-0.2, 0) is 16.6 Å². The molecular weight excluding hydrogens is 374 g/mol. The summed E-state index contributed by atoms with van der Waals surface area (Å²) in [5.41, 5.74) is 0.831. The van der Waals surface area contributed by atoms with Crippen LogP contribution >= 0.6 is 11.6 Å². The molecule has 0 saturated carbocycles. The summed E-state index contributed by atoms with van der Waals surface area (Å²) < 4.78 is 32.4. The second kappa shape index (κ2) is 8.52. The first-order valence-corrected chi connectivity index (χ1v) is 10.9. The zero-order valence-corrected chi connectivity index (χ0v) is 16.4. The average Bonchev–Trinajstić information content (AvgIpc) is 3.05. The molecule has 26 heavy (non-hydrogen) atoms. The number of aromatic nitrogens is 1. The van der Waals surface area contributed by atoms with E-state index in [0.29, 0.717) is 29.6 Å². The molecule has 6 nitrogen and oxygen atoms in total. The number of nitrogens with one attached hydrogen (secondary N) is 1. The maximum atomic E-state index is 11.9. The third-order valence-electron chi connectivity index (χ3n) is 4.46. The van der Waals surface area contributed by atoms with Gasteiger partial charge in [0.1, 0.15) is 0 Å². The second-order valence-corrected chi connectivity index (χ2v) is 8.87. The molecule has 0 spiro atoms. The summed E-state index contributed by atoms with van der Waals surface area (Å²) in [4.78, 5) is 6.58. The Morgan fingerprint density at radius 3 is 2.73 bits per heavy atom. The van der Waals surface area contributed by atoms with E-state index in [2.05, 4.69) is 14.6 Å². The lowest BCUT2D eigenvalue weighted by Crippen LogP contribution is -2.44. The lowest BCUT2D eigenvalue weighted by Gasteiger charge is -2.31. The number of halogens is 1. The molecule has 1 N–H and O–H groups in total. The standard InChI is InChI=1S/C18H24ClN3O3S/c1-2-11-26(23,24)21-14-7-9-22(10-8-14)13-18-20-12-17(25-18)15-5-3-4-6-16(15)19/h3-6,12,14,21H,2,7-11,13H2,1H3. The zero-order valence-electron chi connectivity index (χ0n) is 14.8. The van der Waals surface area contributed by atoms with Crippen molar-refractivity contribution in [2.75, 3.05) is 18.8 Å². The number of nitrogens with zero attached hydrogens (tertiary/aromatic N) is 2. The first kappa shape index (κ1) is 19.4. The van der Waals surface area contributed by atoms with Crippen LogP contribution in [0.4, 0.5) is 0 Å². The Morgan fingerprint density at radius 1 is 1.31 bits per heavy atom. The van der Waals surface area contributed by atoms with Crippen molar-refractivity contribution in [1.29, 1.82) is 0 Å². The molecule has 1 saturated heterocycles. The monoisotopic (exact) mass is 397 g/mol. The number of piperidine rings is 1. The topological polar surface area (TPSA) is 75.4 Å².